The van der Waals surface area contributed by atoms with Crippen molar-refractivity contribution >= 4 is 5.96 Å². The number of ether oxygens (including phenoxy) is 1. The van der Waals surface area contributed by atoms with Crippen molar-refractivity contribution < 1.29 is 4.74 Å². The molecule has 122 valence electrons. The number of aliphatic imine (C=N–C) groups is 1. The van der Waals surface area contributed by atoms with Gasteiger partial charge in [0, 0.05) is 33.4 Å². The predicted octanol–water partition coefficient (Wildman–Crippen LogP) is 2.60. The van der Waals surface area contributed by atoms with E-state index >= 15 is 0 Å². The Morgan fingerprint density at radius 1 is 1.14 bits per heavy atom. The van der Waals surface area contributed by atoms with Crippen molar-refractivity contribution in [1.82, 2.24) is 10.6 Å². The summed E-state index contributed by atoms with van der Waals surface area (Å²) in [5.41, 5.74) is 1.39. The van der Waals surface area contributed by atoms with Gasteiger partial charge in [-0.2, -0.15) is 0 Å². The Labute approximate surface area is 134 Å². The number of rotatable bonds is 10. The summed E-state index contributed by atoms with van der Waals surface area (Å²) < 4.78 is 5.62. The Bertz CT molecular complexity index is 429. The molecule has 4 heteroatoms. The summed E-state index contributed by atoms with van der Waals surface area (Å²) in [5.74, 6) is 1.74. The molecule has 0 radical (unpaired) electrons. The van der Waals surface area contributed by atoms with E-state index in [0.29, 0.717) is 0 Å². The lowest BCUT2D eigenvalue weighted by Crippen LogP contribution is -2.38. The third-order valence-corrected chi connectivity index (χ3v) is 3.81. The number of nitrogens with zero attached hydrogens (tertiary/aromatic N) is 1. The van der Waals surface area contributed by atoms with E-state index in [9.17, 15) is 0 Å². The molecule has 0 aromatic heterocycles. The zero-order valence-corrected chi connectivity index (χ0v) is 13.7. The molecule has 4 nitrogen and oxygen atoms in total. The van der Waals surface area contributed by atoms with Crippen LogP contribution in [0.25, 0.3) is 0 Å². The first-order chi connectivity index (χ1) is 10.9. The number of aryl methyl sites for hydroxylation is 1. The van der Waals surface area contributed by atoms with Crippen LogP contribution in [0.4, 0.5) is 0 Å². The van der Waals surface area contributed by atoms with Gasteiger partial charge in [-0.15, -0.1) is 0 Å². The van der Waals surface area contributed by atoms with E-state index in [1.807, 2.05) is 7.05 Å². The molecule has 0 aliphatic heterocycles. The molecule has 1 aromatic carbocycles. The number of benzene rings is 1. The molecule has 0 spiro atoms. The quantitative estimate of drug-likeness (QED) is 0.397. The second-order valence-corrected chi connectivity index (χ2v) is 5.89. The summed E-state index contributed by atoms with van der Waals surface area (Å²) in [6, 6.07) is 10.6. The molecular weight excluding hydrogens is 274 g/mol. The molecule has 0 heterocycles. The molecule has 1 aromatic rings. The first-order valence-electron chi connectivity index (χ1n) is 8.44. The van der Waals surface area contributed by atoms with E-state index in [0.717, 1.165) is 57.4 Å². The Morgan fingerprint density at radius 2 is 1.86 bits per heavy atom. The third kappa shape index (κ3) is 7.46. The van der Waals surface area contributed by atoms with Crippen LogP contribution in [0.3, 0.4) is 0 Å². The highest BCUT2D eigenvalue weighted by Gasteiger charge is 2.20. The maximum Gasteiger partial charge on any atom is 0.190 e. The van der Waals surface area contributed by atoms with Gasteiger partial charge in [0.2, 0.25) is 0 Å². The van der Waals surface area contributed by atoms with Crippen LogP contribution in [0.5, 0.6) is 0 Å². The molecule has 1 saturated carbocycles. The van der Waals surface area contributed by atoms with Crippen molar-refractivity contribution in [3.63, 3.8) is 0 Å². The van der Waals surface area contributed by atoms with Gasteiger partial charge in [-0.05, 0) is 43.6 Å². The smallest absolute Gasteiger partial charge is 0.190 e. The molecule has 1 aliphatic rings. The van der Waals surface area contributed by atoms with Gasteiger partial charge in [0.15, 0.2) is 5.96 Å². The van der Waals surface area contributed by atoms with Crippen molar-refractivity contribution in [2.75, 3.05) is 33.4 Å². The molecule has 0 saturated heterocycles. The molecule has 0 bridgehead atoms. The van der Waals surface area contributed by atoms with Gasteiger partial charge < -0.3 is 15.4 Å². The van der Waals surface area contributed by atoms with E-state index in [2.05, 4.69) is 46.0 Å². The minimum atomic E-state index is 0.842. The van der Waals surface area contributed by atoms with Crippen molar-refractivity contribution in [2.24, 2.45) is 10.9 Å². The highest BCUT2D eigenvalue weighted by molar-refractivity contribution is 5.79. The first kappa shape index (κ1) is 16.8. The lowest BCUT2D eigenvalue weighted by Gasteiger charge is -2.12. The summed E-state index contributed by atoms with van der Waals surface area (Å²) in [4.78, 5) is 4.24. The number of hydrogen-bond acceptors (Lipinski definition) is 2. The second kappa shape index (κ2) is 10.2. The second-order valence-electron chi connectivity index (χ2n) is 5.89. The minimum absolute atomic E-state index is 0.842. The molecule has 0 unspecified atom stereocenters. The zero-order chi connectivity index (χ0) is 15.5. The largest absolute Gasteiger partial charge is 0.381 e. The van der Waals surface area contributed by atoms with Gasteiger partial charge in [-0.25, -0.2) is 0 Å². The summed E-state index contributed by atoms with van der Waals surface area (Å²) in [7, 11) is 1.82. The fourth-order valence-corrected chi connectivity index (χ4v) is 2.28. The fraction of sp³-hybridized carbons (Fsp3) is 0.611. The van der Waals surface area contributed by atoms with Gasteiger partial charge in [0.25, 0.3) is 0 Å². The average molecular weight is 303 g/mol. The summed E-state index contributed by atoms with van der Waals surface area (Å²) >= 11 is 0. The van der Waals surface area contributed by atoms with Crippen molar-refractivity contribution in [1.29, 1.82) is 0 Å². The SMILES string of the molecule is CN=C(NCCCOCC1CC1)NCCCc1ccccc1. The average Bonchev–Trinajstić information content (AvgIpc) is 3.38. The molecule has 2 rings (SSSR count). The van der Waals surface area contributed by atoms with Crippen molar-refractivity contribution in [3.8, 4) is 0 Å². The maximum atomic E-state index is 5.62. The molecule has 22 heavy (non-hydrogen) atoms. The standard InChI is InChI=1S/C18H29N3O/c1-19-18(21-13-6-14-22-15-17-10-11-17)20-12-5-9-16-7-3-2-4-8-16/h2-4,7-8,17H,5-6,9-15H2,1H3,(H2,19,20,21). The van der Waals surface area contributed by atoms with Crippen LogP contribution < -0.4 is 10.6 Å². The van der Waals surface area contributed by atoms with E-state index in [1.165, 1.54) is 18.4 Å². The predicted molar refractivity (Wildman–Crippen MR) is 92.3 cm³/mol. The van der Waals surface area contributed by atoms with Gasteiger partial charge in [0.05, 0.1) is 0 Å². The monoisotopic (exact) mass is 303 g/mol. The Morgan fingerprint density at radius 3 is 2.55 bits per heavy atom. The van der Waals surface area contributed by atoms with Gasteiger partial charge >= 0.3 is 0 Å². The molecular formula is C18H29N3O. The van der Waals surface area contributed by atoms with E-state index in [-0.39, 0.29) is 0 Å². The maximum absolute atomic E-state index is 5.62. The van der Waals surface area contributed by atoms with E-state index in [4.69, 9.17) is 4.74 Å². The van der Waals surface area contributed by atoms with E-state index in [1.54, 1.807) is 0 Å². The molecule has 1 fully saturated rings. The summed E-state index contributed by atoms with van der Waals surface area (Å²) in [6.07, 6.45) is 5.95. The topological polar surface area (TPSA) is 45.7 Å². The molecule has 0 atom stereocenters. The lowest BCUT2D eigenvalue weighted by molar-refractivity contribution is 0.123. The normalized spacial score (nSPS) is 14.9. The van der Waals surface area contributed by atoms with Crippen LogP contribution in [-0.2, 0) is 11.2 Å². The van der Waals surface area contributed by atoms with Crippen LogP contribution in [0.1, 0.15) is 31.2 Å². The third-order valence-electron chi connectivity index (χ3n) is 3.81. The van der Waals surface area contributed by atoms with Gasteiger partial charge in [-0.3, -0.25) is 4.99 Å². The number of hydrogen-bond donors (Lipinski definition) is 2. The summed E-state index contributed by atoms with van der Waals surface area (Å²) in [5, 5.41) is 6.69. The van der Waals surface area contributed by atoms with Crippen LogP contribution in [0.15, 0.2) is 35.3 Å². The van der Waals surface area contributed by atoms with Crippen LogP contribution in [0, 0.1) is 5.92 Å². The Balaban J connectivity index is 1.45. The highest BCUT2D eigenvalue weighted by atomic mass is 16.5. The highest BCUT2D eigenvalue weighted by Crippen LogP contribution is 2.28. The Kier molecular flexibility index (Phi) is 7.81. The first-order valence-corrected chi connectivity index (χ1v) is 8.44. The molecule has 1 aliphatic carbocycles. The number of nitrogens with one attached hydrogen (secondary N) is 2. The van der Waals surface area contributed by atoms with E-state index < -0.39 is 0 Å². The van der Waals surface area contributed by atoms with Crippen molar-refractivity contribution in [3.05, 3.63) is 35.9 Å². The summed E-state index contributed by atoms with van der Waals surface area (Å²) in [6.45, 7) is 3.64. The zero-order valence-electron chi connectivity index (χ0n) is 13.7. The van der Waals surface area contributed by atoms with Crippen LogP contribution in [0.2, 0.25) is 0 Å². The minimum Gasteiger partial charge on any atom is -0.381 e. The molecule has 0 amide bonds. The fourth-order valence-electron chi connectivity index (χ4n) is 2.28. The van der Waals surface area contributed by atoms with Gasteiger partial charge in [0.1, 0.15) is 0 Å². The lowest BCUT2D eigenvalue weighted by atomic mass is 10.1. The number of guanidine groups is 1. The molecule has 2 N–H and O–H groups in total. The van der Waals surface area contributed by atoms with Crippen LogP contribution in [-0.4, -0.2) is 39.3 Å². The Hall–Kier alpha value is -1.55. The van der Waals surface area contributed by atoms with Gasteiger partial charge in [-0.1, -0.05) is 30.3 Å². The van der Waals surface area contributed by atoms with Crippen LogP contribution >= 0.6 is 0 Å². The van der Waals surface area contributed by atoms with Crippen molar-refractivity contribution in [2.45, 2.75) is 32.1 Å².